The van der Waals surface area contributed by atoms with Gasteiger partial charge >= 0.3 is 0 Å². The smallest absolute Gasteiger partial charge is 0.141 e. The lowest BCUT2D eigenvalue weighted by atomic mass is 10.0. The van der Waals surface area contributed by atoms with Crippen molar-refractivity contribution in [2.45, 2.75) is 25.8 Å². The molecule has 4 nitrogen and oxygen atoms in total. The van der Waals surface area contributed by atoms with Crippen molar-refractivity contribution in [3.63, 3.8) is 0 Å². The van der Waals surface area contributed by atoms with Crippen LogP contribution in [0.2, 0.25) is 0 Å². The van der Waals surface area contributed by atoms with Gasteiger partial charge in [0.25, 0.3) is 0 Å². The molecule has 1 unspecified atom stereocenters. The highest BCUT2D eigenvalue weighted by molar-refractivity contribution is 5.18. The summed E-state index contributed by atoms with van der Waals surface area (Å²) in [5.41, 5.74) is 1.85. The van der Waals surface area contributed by atoms with Gasteiger partial charge in [-0.3, -0.25) is 9.67 Å². The monoisotopic (exact) mass is 262 g/mol. The van der Waals surface area contributed by atoms with Crippen LogP contribution in [0.3, 0.4) is 0 Å². The third-order valence-electron chi connectivity index (χ3n) is 2.95. The van der Waals surface area contributed by atoms with Crippen molar-refractivity contribution in [1.82, 2.24) is 20.1 Å². The van der Waals surface area contributed by atoms with Crippen molar-refractivity contribution in [2.24, 2.45) is 7.05 Å². The lowest BCUT2D eigenvalue weighted by molar-refractivity contribution is 0.514. The number of rotatable bonds is 6. The van der Waals surface area contributed by atoms with Crippen molar-refractivity contribution >= 4 is 0 Å². The third kappa shape index (κ3) is 3.86. The number of halogens is 1. The van der Waals surface area contributed by atoms with Crippen LogP contribution in [0, 0.1) is 5.82 Å². The Balaban J connectivity index is 2.15. The van der Waals surface area contributed by atoms with Gasteiger partial charge in [0.15, 0.2) is 0 Å². The van der Waals surface area contributed by atoms with Gasteiger partial charge in [-0.25, -0.2) is 4.39 Å². The topological polar surface area (TPSA) is 42.7 Å². The quantitative estimate of drug-likeness (QED) is 0.868. The van der Waals surface area contributed by atoms with E-state index in [0.29, 0.717) is 0 Å². The second-order valence-electron chi connectivity index (χ2n) is 4.63. The van der Waals surface area contributed by atoms with E-state index in [1.807, 2.05) is 19.3 Å². The molecule has 1 atom stereocenters. The van der Waals surface area contributed by atoms with Crippen LogP contribution in [0.4, 0.5) is 4.39 Å². The molecule has 0 aliphatic rings. The van der Waals surface area contributed by atoms with Crippen LogP contribution in [0.15, 0.2) is 30.7 Å². The van der Waals surface area contributed by atoms with E-state index < -0.39 is 0 Å². The number of aromatic nitrogens is 3. The van der Waals surface area contributed by atoms with Crippen molar-refractivity contribution in [2.75, 3.05) is 6.54 Å². The van der Waals surface area contributed by atoms with Crippen molar-refractivity contribution in [3.8, 4) is 0 Å². The summed E-state index contributed by atoms with van der Waals surface area (Å²) in [6.07, 6.45) is 6.60. The molecule has 19 heavy (non-hydrogen) atoms. The fraction of sp³-hybridized carbons (Fsp3) is 0.429. The average molecular weight is 262 g/mol. The normalized spacial score (nSPS) is 12.6. The first kappa shape index (κ1) is 13.7. The van der Waals surface area contributed by atoms with Gasteiger partial charge in [0.05, 0.1) is 11.9 Å². The zero-order chi connectivity index (χ0) is 13.7. The van der Waals surface area contributed by atoms with Gasteiger partial charge in [-0.05, 0) is 30.7 Å². The van der Waals surface area contributed by atoms with E-state index in [9.17, 15) is 4.39 Å². The molecular formula is C14H19FN4. The maximum Gasteiger partial charge on any atom is 0.141 e. The minimum atomic E-state index is -0.304. The highest BCUT2D eigenvalue weighted by atomic mass is 19.1. The summed E-state index contributed by atoms with van der Waals surface area (Å²) in [7, 11) is 1.89. The van der Waals surface area contributed by atoms with Crippen LogP contribution in [-0.4, -0.2) is 21.3 Å². The van der Waals surface area contributed by atoms with Gasteiger partial charge in [-0.2, -0.15) is 5.10 Å². The van der Waals surface area contributed by atoms with E-state index in [1.54, 1.807) is 10.9 Å². The molecule has 0 amide bonds. The number of hydrogen-bond donors (Lipinski definition) is 1. The summed E-state index contributed by atoms with van der Waals surface area (Å²) < 4.78 is 15.1. The van der Waals surface area contributed by atoms with E-state index in [-0.39, 0.29) is 11.9 Å². The third-order valence-corrected chi connectivity index (χ3v) is 2.95. The lowest BCUT2D eigenvalue weighted by Crippen LogP contribution is -2.24. The molecule has 2 aromatic rings. The lowest BCUT2D eigenvalue weighted by Gasteiger charge is -2.17. The summed E-state index contributed by atoms with van der Waals surface area (Å²) in [5.74, 6) is -0.304. The number of hydrogen-bond acceptors (Lipinski definition) is 3. The maximum absolute atomic E-state index is 13.3. The van der Waals surface area contributed by atoms with Crippen LogP contribution < -0.4 is 5.32 Å². The van der Waals surface area contributed by atoms with Crippen LogP contribution in [0.25, 0.3) is 0 Å². The Morgan fingerprint density at radius 1 is 1.42 bits per heavy atom. The first-order valence-electron chi connectivity index (χ1n) is 6.51. The summed E-state index contributed by atoms with van der Waals surface area (Å²) in [6, 6.07) is 3.55. The maximum atomic E-state index is 13.3. The molecule has 102 valence electrons. The van der Waals surface area contributed by atoms with Gasteiger partial charge in [-0.15, -0.1) is 0 Å². The first-order chi connectivity index (χ1) is 9.19. The minimum Gasteiger partial charge on any atom is -0.310 e. The van der Waals surface area contributed by atoms with E-state index >= 15 is 0 Å². The Hall–Kier alpha value is -1.75. The number of aryl methyl sites for hydroxylation is 1. The molecule has 2 aromatic heterocycles. The van der Waals surface area contributed by atoms with Gasteiger partial charge in [0.2, 0.25) is 0 Å². The highest BCUT2D eigenvalue weighted by Gasteiger charge is 2.14. The molecule has 0 radical (unpaired) electrons. The predicted octanol–water partition coefficient (Wildman–Crippen LogP) is 2.24. The number of pyridine rings is 1. The molecular weight excluding hydrogens is 243 g/mol. The largest absolute Gasteiger partial charge is 0.310 e. The first-order valence-corrected chi connectivity index (χ1v) is 6.51. The molecule has 0 fully saturated rings. The van der Waals surface area contributed by atoms with Crippen molar-refractivity contribution < 1.29 is 4.39 Å². The average Bonchev–Trinajstić information content (AvgIpc) is 2.80. The van der Waals surface area contributed by atoms with Gasteiger partial charge in [-0.1, -0.05) is 6.92 Å². The molecule has 0 aliphatic carbocycles. The van der Waals surface area contributed by atoms with Crippen LogP contribution >= 0.6 is 0 Å². The molecule has 0 saturated carbocycles. The molecule has 2 rings (SSSR count). The SMILES string of the molecule is CCCNC(Cc1ccn(C)n1)c1cncc(F)c1. The molecule has 0 bridgehead atoms. The van der Waals surface area contributed by atoms with E-state index in [1.165, 1.54) is 12.3 Å². The highest BCUT2D eigenvalue weighted by Crippen LogP contribution is 2.17. The van der Waals surface area contributed by atoms with Gasteiger partial charge < -0.3 is 5.32 Å². The molecule has 0 saturated heterocycles. The summed E-state index contributed by atoms with van der Waals surface area (Å²) in [5, 5.41) is 7.78. The number of nitrogens with one attached hydrogen (secondary N) is 1. The second kappa shape index (κ2) is 6.43. The van der Waals surface area contributed by atoms with Gasteiger partial charge in [0, 0.05) is 31.9 Å². The standard InChI is InChI=1S/C14H19FN4/c1-3-5-17-14(8-13-4-6-19(2)18-13)11-7-12(15)10-16-9-11/h4,6-7,9-10,14,17H,3,5,8H2,1-2H3. The molecule has 2 heterocycles. The minimum absolute atomic E-state index is 0.0399. The molecule has 0 aromatic carbocycles. The van der Waals surface area contributed by atoms with Crippen LogP contribution in [-0.2, 0) is 13.5 Å². The van der Waals surface area contributed by atoms with Crippen molar-refractivity contribution in [1.29, 1.82) is 0 Å². The molecule has 0 spiro atoms. The van der Waals surface area contributed by atoms with Crippen LogP contribution in [0.5, 0.6) is 0 Å². The Morgan fingerprint density at radius 2 is 2.26 bits per heavy atom. The fourth-order valence-corrected chi connectivity index (χ4v) is 2.03. The van der Waals surface area contributed by atoms with Crippen LogP contribution in [0.1, 0.15) is 30.6 Å². The fourth-order valence-electron chi connectivity index (χ4n) is 2.03. The molecule has 0 aliphatic heterocycles. The number of nitrogens with zero attached hydrogens (tertiary/aromatic N) is 3. The second-order valence-corrected chi connectivity index (χ2v) is 4.63. The Bertz CT molecular complexity index is 524. The predicted molar refractivity (Wildman–Crippen MR) is 72.1 cm³/mol. The molecule has 1 N–H and O–H groups in total. The summed E-state index contributed by atoms with van der Waals surface area (Å²) in [4.78, 5) is 3.92. The molecule has 5 heteroatoms. The Kier molecular flexibility index (Phi) is 4.63. The van der Waals surface area contributed by atoms with E-state index in [4.69, 9.17) is 0 Å². The zero-order valence-corrected chi connectivity index (χ0v) is 11.3. The summed E-state index contributed by atoms with van der Waals surface area (Å²) >= 11 is 0. The van der Waals surface area contributed by atoms with E-state index in [2.05, 4.69) is 22.3 Å². The van der Waals surface area contributed by atoms with Gasteiger partial charge in [0.1, 0.15) is 5.82 Å². The zero-order valence-electron chi connectivity index (χ0n) is 11.3. The van der Waals surface area contributed by atoms with E-state index in [0.717, 1.165) is 30.6 Å². The Morgan fingerprint density at radius 3 is 2.89 bits per heavy atom. The van der Waals surface area contributed by atoms with Crippen molar-refractivity contribution in [3.05, 3.63) is 47.8 Å². The summed E-state index contributed by atoms with van der Waals surface area (Å²) in [6.45, 7) is 2.99. The Labute approximate surface area is 112 Å².